The van der Waals surface area contributed by atoms with Gasteiger partial charge in [0, 0.05) is 50.0 Å². The van der Waals surface area contributed by atoms with E-state index in [0.717, 1.165) is 50.2 Å². The summed E-state index contributed by atoms with van der Waals surface area (Å²) in [7, 11) is 0. The predicted molar refractivity (Wildman–Crippen MR) is 91.8 cm³/mol. The average Bonchev–Trinajstić information content (AvgIpc) is 2.99. The smallest absolute Gasteiger partial charge is 0.151 e. The predicted octanol–water partition coefficient (Wildman–Crippen LogP) is 1.97. The number of aromatic nitrogens is 3. The number of rotatable bonds is 6. The van der Waals surface area contributed by atoms with Crippen molar-refractivity contribution in [2.75, 3.05) is 37.7 Å². The molecule has 0 spiro atoms. The maximum absolute atomic E-state index is 5.96. The quantitative estimate of drug-likeness (QED) is 0.806. The van der Waals surface area contributed by atoms with Crippen molar-refractivity contribution in [1.82, 2.24) is 20.1 Å². The first kappa shape index (κ1) is 16.3. The Morgan fingerprint density at radius 3 is 3.09 bits per heavy atom. The minimum atomic E-state index is 0.194. The zero-order chi connectivity index (χ0) is 16.1. The van der Waals surface area contributed by atoms with E-state index in [1.54, 1.807) is 17.5 Å². The molecule has 0 aliphatic carbocycles. The Morgan fingerprint density at radius 1 is 1.48 bits per heavy atom. The molecule has 0 amide bonds. The van der Waals surface area contributed by atoms with E-state index < -0.39 is 0 Å². The van der Waals surface area contributed by atoms with E-state index in [2.05, 4.69) is 38.8 Å². The van der Waals surface area contributed by atoms with Crippen LogP contribution in [0.2, 0.25) is 0 Å². The van der Waals surface area contributed by atoms with E-state index in [9.17, 15) is 0 Å². The molecule has 3 heterocycles. The Morgan fingerprint density at radius 2 is 2.39 bits per heavy atom. The first-order chi connectivity index (χ1) is 11.2. The Hall–Kier alpha value is -1.57. The van der Waals surface area contributed by atoms with Gasteiger partial charge in [0.2, 0.25) is 0 Å². The van der Waals surface area contributed by atoms with Crippen molar-refractivity contribution in [2.24, 2.45) is 0 Å². The van der Waals surface area contributed by atoms with Crippen molar-refractivity contribution < 1.29 is 4.74 Å². The van der Waals surface area contributed by atoms with Gasteiger partial charge in [-0.15, -0.1) is 16.4 Å². The van der Waals surface area contributed by atoms with Crippen LogP contribution in [-0.2, 0) is 11.3 Å². The second-order valence-corrected chi connectivity index (χ2v) is 7.01. The van der Waals surface area contributed by atoms with Gasteiger partial charge in [-0.25, -0.2) is 4.98 Å². The van der Waals surface area contributed by atoms with Crippen molar-refractivity contribution in [3.05, 3.63) is 34.4 Å². The third kappa shape index (κ3) is 4.46. The third-order valence-electron chi connectivity index (χ3n) is 3.96. The summed E-state index contributed by atoms with van der Waals surface area (Å²) < 4.78 is 5.96. The van der Waals surface area contributed by atoms with Crippen LogP contribution in [0.25, 0.3) is 0 Å². The zero-order valence-corrected chi connectivity index (χ0v) is 14.5. The van der Waals surface area contributed by atoms with Gasteiger partial charge < -0.3 is 9.64 Å². The van der Waals surface area contributed by atoms with Crippen molar-refractivity contribution in [2.45, 2.75) is 26.5 Å². The van der Waals surface area contributed by atoms with Crippen LogP contribution in [0.15, 0.2) is 24.5 Å². The molecule has 23 heavy (non-hydrogen) atoms. The molecule has 124 valence electrons. The lowest BCUT2D eigenvalue weighted by Crippen LogP contribution is -2.47. The summed E-state index contributed by atoms with van der Waals surface area (Å²) in [5, 5.41) is 9.31. The molecular weight excluding hydrogens is 310 g/mol. The van der Waals surface area contributed by atoms with Crippen LogP contribution in [0, 0.1) is 6.92 Å². The highest BCUT2D eigenvalue weighted by atomic mass is 32.1. The molecule has 3 rings (SSSR count). The summed E-state index contributed by atoms with van der Waals surface area (Å²) in [6.07, 6.45) is 3.88. The van der Waals surface area contributed by atoms with E-state index >= 15 is 0 Å². The maximum Gasteiger partial charge on any atom is 0.151 e. The van der Waals surface area contributed by atoms with Crippen molar-refractivity contribution in [1.29, 1.82) is 0 Å². The van der Waals surface area contributed by atoms with Gasteiger partial charge in [0.05, 0.1) is 17.7 Å². The highest BCUT2D eigenvalue weighted by Gasteiger charge is 2.23. The van der Waals surface area contributed by atoms with Gasteiger partial charge in [0.15, 0.2) is 5.82 Å². The molecule has 2 aromatic heterocycles. The molecule has 1 aliphatic rings. The van der Waals surface area contributed by atoms with Crippen LogP contribution in [0.4, 0.5) is 5.82 Å². The maximum atomic E-state index is 5.96. The normalized spacial score (nSPS) is 19.0. The fourth-order valence-corrected chi connectivity index (χ4v) is 3.66. The molecule has 1 aliphatic heterocycles. The summed E-state index contributed by atoms with van der Waals surface area (Å²) in [5.41, 5.74) is 0. The minimum absolute atomic E-state index is 0.194. The first-order valence-electron chi connectivity index (χ1n) is 8.02. The fourth-order valence-electron chi connectivity index (χ4n) is 2.83. The second-order valence-electron chi connectivity index (χ2n) is 5.69. The lowest BCUT2D eigenvalue weighted by molar-refractivity contribution is -0.0265. The number of thiazole rings is 1. The second kappa shape index (κ2) is 7.81. The molecule has 0 saturated carbocycles. The van der Waals surface area contributed by atoms with Crippen LogP contribution < -0.4 is 4.90 Å². The molecule has 0 aromatic carbocycles. The van der Waals surface area contributed by atoms with E-state index in [4.69, 9.17) is 4.74 Å². The van der Waals surface area contributed by atoms with E-state index in [1.165, 1.54) is 4.88 Å². The SMILES string of the molecule is CCN(C[C@H]1CN(Cc2cnc(C)s2)CCO1)c1cccnn1. The highest BCUT2D eigenvalue weighted by Crippen LogP contribution is 2.17. The Labute approximate surface area is 141 Å². The molecule has 1 fully saturated rings. The summed E-state index contributed by atoms with van der Waals surface area (Å²) >= 11 is 1.78. The molecule has 1 saturated heterocycles. The Balaban J connectivity index is 1.57. The average molecular weight is 333 g/mol. The van der Waals surface area contributed by atoms with Crippen LogP contribution in [0.1, 0.15) is 16.8 Å². The van der Waals surface area contributed by atoms with Crippen molar-refractivity contribution in [3.8, 4) is 0 Å². The summed E-state index contributed by atoms with van der Waals surface area (Å²) in [5.74, 6) is 0.911. The van der Waals surface area contributed by atoms with Gasteiger partial charge in [-0.05, 0) is 26.0 Å². The number of aryl methyl sites for hydroxylation is 1. The molecule has 0 unspecified atom stereocenters. The summed E-state index contributed by atoms with van der Waals surface area (Å²) in [6, 6.07) is 3.92. The topological polar surface area (TPSA) is 54.4 Å². The van der Waals surface area contributed by atoms with Gasteiger partial charge in [-0.2, -0.15) is 5.10 Å². The summed E-state index contributed by atoms with van der Waals surface area (Å²) in [4.78, 5) is 10.3. The monoisotopic (exact) mass is 333 g/mol. The summed E-state index contributed by atoms with van der Waals surface area (Å²) in [6.45, 7) is 9.58. The number of hydrogen-bond donors (Lipinski definition) is 0. The molecule has 2 aromatic rings. The fraction of sp³-hybridized carbons (Fsp3) is 0.562. The molecule has 0 bridgehead atoms. The lowest BCUT2D eigenvalue weighted by atomic mass is 10.2. The molecule has 0 radical (unpaired) electrons. The molecule has 1 atom stereocenters. The first-order valence-corrected chi connectivity index (χ1v) is 8.84. The van der Waals surface area contributed by atoms with Crippen molar-refractivity contribution >= 4 is 17.2 Å². The van der Waals surface area contributed by atoms with Crippen LogP contribution >= 0.6 is 11.3 Å². The molecular formula is C16H23N5OS. The van der Waals surface area contributed by atoms with Crippen LogP contribution in [0.5, 0.6) is 0 Å². The Kier molecular flexibility index (Phi) is 5.53. The number of anilines is 1. The minimum Gasteiger partial charge on any atom is -0.374 e. The van der Waals surface area contributed by atoms with Crippen molar-refractivity contribution in [3.63, 3.8) is 0 Å². The van der Waals surface area contributed by atoms with Crippen LogP contribution in [0.3, 0.4) is 0 Å². The van der Waals surface area contributed by atoms with E-state index in [0.29, 0.717) is 0 Å². The number of morpholine rings is 1. The van der Waals surface area contributed by atoms with Gasteiger partial charge in [-0.3, -0.25) is 4.90 Å². The Bertz CT molecular complexity index is 606. The van der Waals surface area contributed by atoms with Gasteiger partial charge in [0.25, 0.3) is 0 Å². The van der Waals surface area contributed by atoms with Gasteiger partial charge in [0.1, 0.15) is 0 Å². The lowest BCUT2D eigenvalue weighted by Gasteiger charge is -2.35. The van der Waals surface area contributed by atoms with Crippen LogP contribution in [-0.4, -0.2) is 59.0 Å². The zero-order valence-electron chi connectivity index (χ0n) is 13.7. The largest absolute Gasteiger partial charge is 0.374 e. The van der Waals surface area contributed by atoms with E-state index in [-0.39, 0.29) is 6.10 Å². The van der Waals surface area contributed by atoms with Gasteiger partial charge >= 0.3 is 0 Å². The number of hydrogen-bond acceptors (Lipinski definition) is 7. The van der Waals surface area contributed by atoms with E-state index in [1.807, 2.05) is 18.3 Å². The highest BCUT2D eigenvalue weighted by molar-refractivity contribution is 7.11. The molecule has 7 heteroatoms. The standard InChI is InChI=1S/C16H23N5OS/c1-3-21(16-5-4-6-18-19-16)11-14-10-20(7-8-22-14)12-15-9-17-13(2)23-15/h4-6,9,14H,3,7-8,10-12H2,1-2H3/t14-/m1/s1. The third-order valence-corrected chi connectivity index (χ3v) is 4.86. The number of nitrogens with zero attached hydrogens (tertiary/aromatic N) is 5. The number of likely N-dealkylation sites (N-methyl/N-ethyl adjacent to an activating group) is 1. The molecule has 0 N–H and O–H groups in total. The molecule has 6 nitrogen and oxygen atoms in total. The number of ether oxygens (including phenoxy) is 1. The van der Waals surface area contributed by atoms with Gasteiger partial charge in [-0.1, -0.05) is 0 Å².